The van der Waals surface area contributed by atoms with Crippen LogP contribution in [0.1, 0.15) is 50.2 Å². The molecule has 1 unspecified atom stereocenters. The number of amides is 1. The number of fused-ring (bicyclic) bond motifs is 1. The highest BCUT2D eigenvalue weighted by molar-refractivity contribution is 5.81. The first-order chi connectivity index (χ1) is 13.2. The Morgan fingerprint density at radius 1 is 1.26 bits per heavy atom. The van der Waals surface area contributed by atoms with E-state index in [4.69, 9.17) is 4.74 Å². The van der Waals surface area contributed by atoms with Crippen LogP contribution in [0.25, 0.3) is 0 Å². The molecule has 0 aromatic carbocycles. The summed E-state index contributed by atoms with van der Waals surface area (Å²) >= 11 is 0. The zero-order valence-corrected chi connectivity index (χ0v) is 16.3. The molecule has 150 valence electrons. The summed E-state index contributed by atoms with van der Waals surface area (Å²) in [6.07, 6.45) is 6.96. The van der Waals surface area contributed by atoms with Crippen molar-refractivity contribution >= 4 is 11.9 Å². The van der Waals surface area contributed by atoms with Crippen LogP contribution in [0.2, 0.25) is 0 Å². The molecule has 1 fully saturated rings. The molecular formula is C18H31N7O2. The van der Waals surface area contributed by atoms with E-state index in [-0.39, 0.29) is 11.9 Å². The van der Waals surface area contributed by atoms with E-state index in [1.165, 1.54) is 12.8 Å². The predicted molar refractivity (Wildman–Crippen MR) is 102 cm³/mol. The van der Waals surface area contributed by atoms with Crippen molar-refractivity contribution in [3.63, 3.8) is 0 Å². The number of aromatic nitrogens is 3. The van der Waals surface area contributed by atoms with E-state index in [2.05, 4.69) is 31.0 Å². The van der Waals surface area contributed by atoms with Crippen molar-refractivity contribution in [1.82, 2.24) is 30.7 Å². The van der Waals surface area contributed by atoms with Crippen LogP contribution in [0.5, 0.6) is 0 Å². The van der Waals surface area contributed by atoms with Crippen LogP contribution >= 0.6 is 0 Å². The number of methoxy groups -OCH3 is 1. The molecule has 3 N–H and O–H groups in total. The summed E-state index contributed by atoms with van der Waals surface area (Å²) < 4.78 is 7.05. The lowest BCUT2D eigenvalue weighted by molar-refractivity contribution is -0.121. The van der Waals surface area contributed by atoms with Gasteiger partial charge >= 0.3 is 0 Å². The summed E-state index contributed by atoms with van der Waals surface area (Å²) in [5, 5.41) is 14.2. The second-order valence-electron chi connectivity index (χ2n) is 7.24. The minimum absolute atomic E-state index is 0.112. The van der Waals surface area contributed by atoms with Gasteiger partial charge in [0.25, 0.3) is 0 Å². The van der Waals surface area contributed by atoms with E-state index in [1.807, 2.05) is 4.68 Å². The van der Waals surface area contributed by atoms with E-state index in [0.717, 1.165) is 43.9 Å². The van der Waals surface area contributed by atoms with Crippen molar-refractivity contribution in [2.75, 3.05) is 20.7 Å². The fraction of sp³-hybridized carbons (Fsp3) is 0.778. The SMILES string of the molecule is CN=C(NCCC(=O)NC1CCCC1)NC1CCc2nc(COC)nn2C1. The van der Waals surface area contributed by atoms with Gasteiger partial charge in [-0.05, 0) is 19.3 Å². The normalized spacial score (nSPS) is 20.4. The van der Waals surface area contributed by atoms with Crippen molar-refractivity contribution in [3.8, 4) is 0 Å². The lowest BCUT2D eigenvalue weighted by atomic mass is 10.1. The summed E-state index contributed by atoms with van der Waals surface area (Å²) in [5.74, 6) is 2.56. The first kappa shape index (κ1) is 19.6. The average Bonchev–Trinajstić information content (AvgIpc) is 3.30. The molecule has 1 aromatic rings. The number of carbonyl (C=O) groups excluding carboxylic acids is 1. The van der Waals surface area contributed by atoms with E-state index in [0.29, 0.717) is 31.6 Å². The van der Waals surface area contributed by atoms with Crippen LogP contribution in [-0.4, -0.2) is 59.4 Å². The van der Waals surface area contributed by atoms with Gasteiger partial charge in [-0.2, -0.15) is 5.10 Å². The second-order valence-corrected chi connectivity index (χ2v) is 7.24. The number of aliphatic imine (C=N–C) groups is 1. The molecule has 2 aliphatic rings. The van der Waals surface area contributed by atoms with Gasteiger partial charge in [0.1, 0.15) is 12.4 Å². The minimum atomic E-state index is 0.112. The molecular weight excluding hydrogens is 346 g/mol. The van der Waals surface area contributed by atoms with Gasteiger partial charge in [0, 0.05) is 45.6 Å². The molecule has 0 radical (unpaired) electrons. The lowest BCUT2D eigenvalue weighted by Gasteiger charge is -2.25. The van der Waals surface area contributed by atoms with E-state index in [9.17, 15) is 4.79 Å². The van der Waals surface area contributed by atoms with Gasteiger partial charge in [-0.25, -0.2) is 9.67 Å². The van der Waals surface area contributed by atoms with Crippen molar-refractivity contribution in [2.45, 2.75) is 70.2 Å². The Labute approximate surface area is 160 Å². The van der Waals surface area contributed by atoms with Crippen LogP contribution in [0.3, 0.4) is 0 Å². The zero-order valence-electron chi connectivity index (χ0n) is 16.3. The Hall–Kier alpha value is -2.16. The molecule has 1 aliphatic carbocycles. The molecule has 1 aliphatic heterocycles. The van der Waals surface area contributed by atoms with Gasteiger partial charge in [-0.15, -0.1) is 0 Å². The lowest BCUT2D eigenvalue weighted by Crippen LogP contribution is -2.47. The fourth-order valence-corrected chi connectivity index (χ4v) is 3.72. The number of hydrogen-bond acceptors (Lipinski definition) is 5. The van der Waals surface area contributed by atoms with E-state index in [1.54, 1.807) is 14.2 Å². The standard InChI is InChI=1S/C18H31N7O2/c1-19-18(20-10-9-17(26)21-13-5-3-4-6-13)22-14-7-8-16-23-15(12-27-2)24-25(16)11-14/h13-14H,3-12H2,1-2H3,(H,21,26)(H2,19,20,22). The van der Waals surface area contributed by atoms with Crippen molar-refractivity contribution in [3.05, 3.63) is 11.6 Å². The molecule has 0 spiro atoms. The number of hydrogen-bond donors (Lipinski definition) is 3. The van der Waals surface area contributed by atoms with Gasteiger partial charge in [-0.1, -0.05) is 12.8 Å². The number of nitrogens with zero attached hydrogens (tertiary/aromatic N) is 4. The first-order valence-corrected chi connectivity index (χ1v) is 9.86. The van der Waals surface area contributed by atoms with Gasteiger partial charge in [0.05, 0.1) is 6.54 Å². The number of ether oxygens (including phenoxy) is 1. The monoisotopic (exact) mass is 377 g/mol. The molecule has 0 saturated heterocycles. The number of nitrogens with one attached hydrogen (secondary N) is 3. The maximum absolute atomic E-state index is 12.0. The number of carbonyl (C=O) groups is 1. The fourth-order valence-electron chi connectivity index (χ4n) is 3.72. The molecule has 9 heteroatoms. The average molecular weight is 377 g/mol. The molecule has 1 saturated carbocycles. The largest absolute Gasteiger partial charge is 0.377 e. The van der Waals surface area contributed by atoms with Crippen LogP contribution in [0, 0.1) is 0 Å². The second kappa shape index (κ2) is 9.68. The maximum Gasteiger partial charge on any atom is 0.221 e. The molecule has 0 bridgehead atoms. The minimum Gasteiger partial charge on any atom is -0.377 e. The maximum atomic E-state index is 12.0. The third-order valence-electron chi connectivity index (χ3n) is 5.10. The van der Waals surface area contributed by atoms with E-state index >= 15 is 0 Å². The molecule has 27 heavy (non-hydrogen) atoms. The van der Waals surface area contributed by atoms with Gasteiger partial charge in [0.2, 0.25) is 5.91 Å². The highest BCUT2D eigenvalue weighted by atomic mass is 16.5. The van der Waals surface area contributed by atoms with Crippen LogP contribution in [0.15, 0.2) is 4.99 Å². The molecule has 3 rings (SSSR count). The summed E-state index contributed by atoms with van der Waals surface area (Å²) in [6, 6.07) is 0.602. The highest BCUT2D eigenvalue weighted by Gasteiger charge is 2.22. The molecule has 2 heterocycles. The van der Waals surface area contributed by atoms with Crippen molar-refractivity contribution < 1.29 is 9.53 Å². The topological polar surface area (TPSA) is 105 Å². The number of rotatable bonds is 7. The molecule has 9 nitrogen and oxygen atoms in total. The van der Waals surface area contributed by atoms with Crippen LogP contribution in [-0.2, 0) is 29.1 Å². The molecule has 1 amide bonds. The van der Waals surface area contributed by atoms with E-state index < -0.39 is 0 Å². The summed E-state index contributed by atoms with van der Waals surface area (Å²) in [5.41, 5.74) is 0. The summed E-state index contributed by atoms with van der Waals surface area (Å²) in [7, 11) is 3.39. The quantitative estimate of drug-likeness (QED) is 0.468. The van der Waals surface area contributed by atoms with Crippen molar-refractivity contribution in [2.24, 2.45) is 4.99 Å². The Morgan fingerprint density at radius 3 is 2.81 bits per heavy atom. The summed E-state index contributed by atoms with van der Waals surface area (Å²) in [4.78, 5) is 20.8. The van der Waals surface area contributed by atoms with Gasteiger partial charge in [-0.3, -0.25) is 9.79 Å². The molecule has 1 atom stereocenters. The van der Waals surface area contributed by atoms with Crippen molar-refractivity contribution in [1.29, 1.82) is 0 Å². The Balaban J connectivity index is 1.40. The number of aryl methyl sites for hydroxylation is 1. The smallest absolute Gasteiger partial charge is 0.221 e. The van der Waals surface area contributed by atoms with Gasteiger partial charge < -0.3 is 20.7 Å². The van der Waals surface area contributed by atoms with Crippen LogP contribution < -0.4 is 16.0 Å². The Morgan fingerprint density at radius 2 is 2.07 bits per heavy atom. The zero-order chi connectivity index (χ0) is 19.1. The van der Waals surface area contributed by atoms with Gasteiger partial charge in [0.15, 0.2) is 11.8 Å². The summed E-state index contributed by atoms with van der Waals surface area (Å²) in [6.45, 7) is 1.75. The highest BCUT2D eigenvalue weighted by Crippen LogP contribution is 2.17. The third kappa shape index (κ3) is 5.66. The Kier molecular flexibility index (Phi) is 7.03. The predicted octanol–water partition coefficient (Wildman–Crippen LogP) is 0.353. The van der Waals surface area contributed by atoms with Crippen LogP contribution in [0.4, 0.5) is 0 Å². The third-order valence-corrected chi connectivity index (χ3v) is 5.10. The first-order valence-electron chi connectivity index (χ1n) is 9.86. The number of guanidine groups is 1. The Bertz CT molecular complexity index is 652. The molecule has 1 aromatic heterocycles.